The molecule has 0 saturated carbocycles. The molecule has 2 rings (SSSR count). The number of hydrogen-bond acceptors (Lipinski definition) is 6. The van der Waals surface area contributed by atoms with Crippen molar-refractivity contribution in [3.05, 3.63) is 97.1 Å². The molecule has 0 bridgehead atoms. The average Bonchev–Trinajstić information content (AvgIpc) is 2.76. The second-order valence-corrected chi connectivity index (χ2v) is 6.46. The zero-order valence-corrected chi connectivity index (χ0v) is 18.0. The standard InChI is InChI=1S/C12H17NO.C9H10O2.C3H7BO2/c1-2-6-12(13)10-14-9-11-7-4-3-5-8-11;10-6-7-11-8-9-4-2-1-3-5-9;1-2-3-4(5)6/h2-5,7-8,12H,1,6,9-10,13H2;1-6H,7-8H2;2,5-6H,1,3H2. The Labute approximate surface area is 186 Å². The summed E-state index contributed by atoms with van der Waals surface area (Å²) in [5.74, 6) is 0. The zero-order chi connectivity index (χ0) is 23.2. The number of ether oxygens (including phenoxy) is 2. The van der Waals surface area contributed by atoms with E-state index in [0.717, 1.165) is 18.3 Å². The molecule has 2 aromatic carbocycles. The highest BCUT2D eigenvalue weighted by Crippen LogP contribution is 2.01. The van der Waals surface area contributed by atoms with Crippen LogP contribution in [-0.2, 0) is 27.5 Å². The van der Waals surface area contributed by atoms with Crippen molar-refractivity contribution in [3.63, 3.8) is 0 Å². The fourth-order valence-corrected chi connectivity index (χ4v) is 2.13. The van der Waals surface area contributed by atoms with E-state index in [1.807, 2.05) is 66.7 Å². The first-order valence-electron chi connectivity index (χ1n) is 10.0. The Hall–Kier alpha value is -2.55. The molecule has 0 fully saturated rings. The summed E-state index contributed by atoms with van der Waals surface area (Å²) in [4.78, 5) is 9.87. The third-order valence-corrected chi connectivity index (χ3v) is 3.59. The van der Waals surface area contributed by atoms with Crippen LogP contribution in [0.1, 0.15) is 17.5 Å². The summed E-state index contributed by atoms with van der Waals surface area (Å²) in [6.07, 6.45) is 5.07. The molecule has 4 N–H and O–H groups in total. The van der Waals surface area contributed by atoms with Gasteiger partial charge in [0.2, 0.25) is 0 Å². The number of benzene rings is 2. The lowest BCUT2D eigenvalue weighted by molar-refractivity contribution is -0.112. The van der Waals surface area contributed by atoms with Crippen LogP contribution in [0.5, 0.6) is 0 Å². The van der Waals surface area contributed by atoms with E-state index >= 15 is 0 Å². The van der Waals surface area contributed by atoms with Crippen molar-refractivity contribution in [2.75, 3.05) is 13.2 Å². The predicted octanol–water partition coefficient (Wildman–Crippen LogP) is 3.15. The molecule has 0 aliphatic carbocycles. The van der Waals surface area contributed by atoms with Gasteiger partial charge in [0.05, 0.1) is 19.8 Å². The molecule has 0 spiro atoms. The van der Waals surface area contributed by atoms with E-state index in [9.17, 15) is 4.79 Å². The smallest absolute Gasteiger partial charge is 0.427 e. The first-order chi connectivity index (χ1) is 15.0. The van der Waals surface area contributed by atoms with Crippen molar-refractivity contribution < 1.29 is 24.3 Å². The quantitative estimate of drug-likeness (QED) is 0.208. The SMILES string of the molecule is C=CCB(O)O.C=CCC(N)COCc1ccccc1.O=CCOCc1ccccc1. The number of hydrogen-bond donors (Lipinski definition) is 3. The van der Waals surface area contributed by atoms with Gasteiger partial charge < -0.3 is 30.0 Å². The Balaban J connectivity index is 0.000000472. The van der Waals surface area contributed by atoms with Crippen molar-refractivity contribution in [3.8, 4) is 0 Å². The van der Waals surface area contributed by atoms with Crippen molar-refractivity contribution in [1.82, 2.24) is 0 Å². The molecule has 0 aliphatic heterocycles. The largest absolute Gasteiger partial charge is 0.455 e. The number of carbonyl (C=O) groups is 1. The van der Waals surface area contributed by atoms with Gasteiger partial charge in [-0.15, -0.1) is 13.2 Å². The maximum absolute atomic E-state index is 9.87. The van der Waals surface area contributed by atoms with Crippen LogP contribution in [0.2, 0.25) is 6.32 Å². The van der Waals surface area contributed by atoms with Crippen LogP contribution in [0.3, 0.4) is 0 Å². The molecule has 2 aromatic rings. The molecule has 0 saturated heterocycles. The Kier molecular flexibility index (Phi) is 19.0. The van der Waals surface area contributed by atoms with Crippen molar-refractivity contribution in [1.29, 1.82) is 0 Å². The summed E-state index contributed by atoms with van der Waals surface area (Å²) < 4.78 is 10.5. The van der Waals surface area contributed by atoms with Crippen molar-refractivity contribution in [2.24, 2.45) is 5.73 Å². The van der Waals surface area contributed by atoms with Crippen LogP contribution in [0.25, 0.3) is 0 Å². The molecule has 7 heteroatoms. The Morgan fingerprint density at radius 3 is 1.81 bits per heavy atom. The number of carbonyl (C=O) groups excluding carboxylic acids is 1. The first-order valence-corrected chi connectivity index (χ1v) is 10.0. The van der Waals surface area contributed by atoms with Crippen LogP contribution >= 0.6 is 0 Å². The first kappa shape index (κ1) is 28.5. The van der Waals surface area contributed by atoms with E-state index in [-0.39, 0.29) is 19.0 Å². The molecule has 1 unspecified atom stereocenters. The number of aldehydes is 1. The third-order valence-electron chi connectivity index (χ3n) is 3.59. The van der Waals surface area contributed by atoms with Crippen LogP contribution in [0, 0.1) is 0 Å². The minimum absolute atomic E-state index is 0.0659. The molecule has 168 valence electrons. The molecular formula is C24H34BNO5. The predicted molar refractivity (Wildman–Crippen MR) is 126 cm³/mol. The van der Waals surface area contributed by atoms with Crippen LogP contribution in [0.4, 0.5) is 0 Å². The molecule has 6 nitrogen and oxygen atoms in total. The summed E-state index contributed by atoms with van der Waals surface area (Å²) in [7, 11) is -1.22. The van der Waals surface area contributed by atoms with Gasteiger partial charge in [0.15, 0.2) is 0 Å². The summed E-state index contributed by atoms with van der Waals surface area (Å²) in [5.41, 5.74) is 8.02. The lowest BCUT2D eigenvalue weighted by Crippen LogP contribution is -2.25. The van der Waals surface area contributed by atoms with E-state index in [4.69, 9.17) is 25.3 Å². The monoisotopic (exact) mass is 427 g/mol. The highest BCUT2D eigenvalue weighted by molar-refractivity contribution is 6.41. The molecule has 0 amide bonds. The molecular weight excluding hydrogens is 393 g/mol. The Morgan fingerprint density at radius 2 is 1.42 bits per heavy atom. The maximum Gasteiger partial charge on any atom is 0.455 e. The van der Waals surface area contributed by atoms with Gasteiger partial charge in [0.1, 0.15) is 12.9 Å². The van der Waals surface area contributed by atoms with E-state index in [1.165, 1.54) is 11.6 Å². The number of nitrogens with two attached hydrogens (primary N) is 1. The summed E-state index contributed by atoms with van der Waals surface area (Å²) >= 11 is 0. The maximum atomic E-state index is 9.87. The van der Waals surface area contributed by atoms with Crippen LogP contribution in [0.15, 0.2) is 86.0 Å². The van der Waals surface area contributed by atoms with E-state index < -0.39 is 7.12 Å². The third kappa shape index (κ3) is 19.2. The highest BCUT2D eigenvalue weighted by atomic mass is 16.5. The van der Waals surface area contributed by atoms with Crippen molar-refractivity contribution in [2.45, 2.75) is 32.0 Å². The fraction of sp³-hybridized carbons (Fsp3) is 0.292. The van der Waals surface area contributed by atoms with Gasteiger partial charge in [-0.2, -0.15) is 0 Å². The van der Waals surface area contributed by atoms with Gasteiger partial charge >= 0.3 is 7.12 Å². The van der Waals surface area contributed by atoms with Crippen LogP contribution in [-0.4, -0.2) is 42.7 Å². The Bertz CT molecular complexity index is 683. The zero-order valence-electron chi connectivity index (χ0n) is 18.0. The summed E-state index contributed by atoms with van der Waals surface area (Å²) in [6.45, 7) is 8.82. The minimum Gasteiger partial charge on any atom is -0.427 e. The summed E-state index contributed by atoms with van der Waals surface area (Å²) in [6, 6.07) is 19.9. The Morgan fingerprint density at radius 1 is 0.903 bits per heavy atom. The van der Waals surface area contributed by atoms with Gasteiger partial charge in [-0.1, -0.05) is 72.8 Å². The second kappa shape index (κ2) is 20.7. The number of allylic oxidation sites excluding steroid dienone is 1. The topological polar surface area (TPSA) is 102 Å². The van der Waals surface area contributed by atoms with Gasteiger partial charge in [-0.3, -0.25) is 0 Å². The van der Waals surface area contributed by atoms with Gasteiger partial charge in [0, 0.05) is 6.04 Å². The fourth-order valence-electron chi connectivity index (χ4n) is 2.13. The molecule has 0 aromatic heterocycles. The van der Waals surface area contributed by atoms with Gasteiger partial charge in [0.25, 0.3) is 0 Å². The van der Waals surface area contributed by atoms with Crippen molar-refractivity contribution >= 4 is 13.4 Å². The van der Waals surface area contributed by atoms with Gasteiger partial charge in [-0.25, -0.2) is 0 Å². The summed E-state index contributed by atoms with van der Waals surface area (Å²) in [5, 5.41) is 16.1. The normalized spacial score (nSPS) is 10.4. The highest BCUT2D eigenvalue weighted by Gasteiger charge is 2.00. The van der Waals surface area contributed by atoms with E-state index in [1.54, 1.807) is 0 Å². The average molecular weight is 427 g/mol. The second-order valence-electron chi connectivity index (χ2n) is 6.46. The number of rotatable bonds is 12. The molecule has 0 radical (unpaired) electrons. The molecule has 1 atom stereocenters. The molecule has 0 heterocycles. The van der Waals surface area contributed by atoms with E-state index in [0.29, 0.717) is 19.8 Å². The van der Waals surface area contributed by atoms with E-state index in [2.05, 4.69) is 13.2 Å². The molecule has 31 heavy (non-hydrogen) atoms. The lowest BCUT2D eigenvalue weighted by atomic mass is 9.87. The van der Waals surface area contributed by atoms with Gasteiger partial charge in [-0.05, 0) is 23.9 Å². The molecule has 0 aliphatic rings. The lowest BCUT2D eigenvalue weighted by Gasteiger charge is -2.09. The van der Waals surface area contributed by atoms with Crippen LogP contribution < -0.4 is 5.73 Å². The minimum atomic E-state index is -1.22.